The smallest absolute Gasteiger partial charge is 0.355 e. The minimum absolute atomic E-state index is 0.103. The molecular weight excluding hydrogens is 418 g/mol. The molecule has 3 aromatic rings. The number of nitrogens with zero attached hydrogens (tertiary/aromatic N) is 3. The van der Waals surface area contributed by atoms with Crippen LogP contribution in [0.5, 0.6) is 0 Å². The molecule has 0 spiro atoms. The largest absolute Gasteiger partial charge is 0.461 e. The molecule has 7 heteroatoms. The van der Waals surface area contributed by atoms with Crippen LogP contribution in [0.4, 0.5) is 0 Å². The number of ether oxygens (including phenoxy) is 1. The Balaban J connectivity index is 1.89. The molecule has 0 aliphatic carbocycles. The number of hydrogen-bond acceptors (Lipinski definition) is 5. The lowest BCUT2D eigenvalue weighted by atomic mass is 10.0. The third kappa shape index (κ3) is 5.37. The fourth-order valence-corrected chi connectivity index (χ4v) is 3.94. The Labute approximate surface area is 194 Å². The molecule has 0 bridgehead atoms. The van der Waals surface area contributed by atoms with Crippen LogP contribution in [-0.2, 0) is 18.2 Å². The predicted octanol–water partition coefficient (Wildman–Crippen LogP) is 3.78. The summed E-state index contributed by atoms with van der Waals surface area (Å²) in [5.74, 6) is -0.912. The molecule has 1 aromatic carbocycles. The second-order valence-electron chi connectivity index (χ2n) is 7.80. The van der Waals surface area contributed by atoms with Crippen molar-refractivity contribution in [3.8, 4) is 0 Å². The van der Waals surface area contributed by atoms with Crippen molar-refractivity contribution in [2.45, 2.75) is 27.2 Å². The molecule has 33 heavy (non-hydrogen) atoms. The third-order valence-electron chi connectivity index (χ3n) is 5.68. The molecule has 0 aliphatic heterocycles. The Morgan fingerprint density at radius 2 is 1.73 bits per heavy atom. The van der Waals surface area contributed by atoms with Gasteiger partial charge in [-0.1, -0.05) is 24.3 Å². The van der Waals surface area contributed by atoms with Gasteiger partial charge < -0.3 is 14.2 Å². The number of aromatic nitrogens is 2. The summed E-state index contributed by atoms with van der Waals surface area (Å²) in [6.45, 7) is 5.76. The second-order valence-corrected chi connectivity index (χ2v) is 7.80. The minimum Gasteiger partial charge on any atom is -0.461 e. The van der Waals surface area contributed by atoms with E-state index in [4.69, 9.17) is 4.74 Å². The summed E-state index contributed by atoms with van der Waals surface area (Å²) in [4.78, 5) is 44.9. The Morgan fingerprint density at radius 1 is 1.03 bits per heavy atom. The lowest BCUT2D eigenvalue weighted by molar-refractivity contribution is 0.0514. The first-order valence-corrected chi connectivity index (χ1v) is 11.0. The highest BCUT2D eigenvalue weighted by Crippen LogP contribution is 2.23. The lowest BCUT2D eigenvalue weighted by Crippen LogP contribution is -2.37. The molecule has 0 saturated carbocycles. The van der Waals surface area contributed by atoms with Crippen molar-refractivity contribution in [3.63, 3.8) is 0 Å². The standard InChI is InChI=1S/C26H29N3O4/c1-5-33-26(32)24-18(2)23(19(3)28(24)4)22(30)17-29(16-14-21-13-9-10-15-27-21)25(31)20-11-7-6-8-12-20/h6-13,15H,5,14,16-17H2,1-4H3. The maximum Gasteiger partial charge on any atom is 0.355 e. The highest BCUT2D eigenvalue weighted by atomic mass is 16.5. The van der Waals surface area contributed by atoms with Gasteiger partial charge in [0.2, 0.25) is 0 Å². The molecule has 0 radical (unpaired) electrons. The number of carbonyl (C=O) groups excluding carboxylic acids is 3. The van der Waals surface area contributed by atoms with Gasteiger partial charge in [-0.2, -0.15) is 0 Å². The van der Waals surface area contributed by atoms with Gasteiger partial charge in [-0.3, -0.25) is 14.6 Å². The van der Waals surface area contributed by atoms with Crippen LogP contribution in [0.25, 0.3) is 0 Å². The Hall–Kier alpha value is -3.74. The SMILES string of the molecule is CCOC(=O)c1c(C)c(C(=O)CN(CCc2ccccn2)C(=O)c2ccccc2)c(C)n1C. The molecule has 7 nitrogen and oxygen atoms in total. The Morgan fingerprint density at radius 3 is 2.36 bits per heavy atom. The van der Waals surface area contributed by atoms with Crippen LogP contribution < -0.4 is 0 Å². The highest BCUT2D eigenvalue weighted by molar-refractivity contribution is 6.06. The number of hydrogen-bond donors (Lipinski definition) is 0. The van der Waals surface area contributed by atoms with Crippen LogP contribution in [0.15, 0.2) is 54.7 Å². The normalized spacial score (nSPS) is 10.7. The summed E-state index contributed by atoms with van der Waals surface area (Å²) in [6.07, 6.45) is 2.23. The first-order valence-electron chi connectivity index (χ1n) is 11.0. The van der Waals surface area contributed by atoms with Gasteiger partial charge in [-0.15, -0.1) is 0 Å². The fourth-order valence-electron chi connectivity index (χ4n) is 3.94. The van der Waals surface area contributed by atoms with Crippen LogP contribution in [0.1, 0.15) is 55.1 Å². The fraction of sp³-hybridized carbons (Fsp3) is 0.308. The Kier molecular flexibility index (Phi) is 7.77. The van der Waals surface area contributed by atoms with Crippen molar-refractivity contribution in [2.24, 2.45) is 7.05 Å². The topological polar surface area (TPSA) is 81.5 Å². The number of amides is 1. The van der Waals surface area contributed by atoms with Gasteiger partial charge in [0.25, 0.3) is 5.91 Å². The van der Waals surface area contributed by atoms with Crippen molar-refractivity contribution in [3.05, 3.63) is 88.5 Å². The van der Waals surface area contributed by atoms with Gasteiger partial charge in [0.05, 0.1) is 13.2 Å². The van der Waals surface area contributed by atoms with Gasteiger partial charge in [-0.05, 0) is 50.6 Å². The van der Waals surface area contributed by atoms with Crippen molar-refractivity contribution >= 4 is 17.7 Å². The van der Waals surface area contributed by atoms with Crippen molar-refractivity contribution < 1.29 is 19.1 Å². The average Bonchev–Trinajstić information content (AvgIpc) is 3.05. The highest BCUT2D eigenvalue weighted by Gasteiger charge is 2.28. The molecule has 0 saturated heterocycles. The molecule has 0 unspecified atom stereocenters. The number of benzene rings is 1. The summed E-state index contributed by atoms with van der Waals surface area (Å²) in [6, 6.07) is 14.5. The molecule has 172 valence electrons. The van der Waals surface area contributed by atoms with Gasteiger partial charge in [0.15, 0.2) is 5.78 Å². The van der Waals surface area contributed by atoms with E-state index < -0.39 is 5.97 Å². The molecule has 0 N–H and O–H groups in total. The third-order valence-corrected chi connectivity index (χ3v) is 5.68. The quantitative estimate of drug-likeness (QED) is 0.368. The predicted molar refractivity (Wildman–Crippen MR) is 125 cm³/mol. The monoisotopic (exact) mass is 447 g/mol. The van der Waals surface area contributed by atoms with Gasteiger partial charge >= 0.3 is 5.97 Å². The van der Waals surface area contributed by atoms with E-state index in [1.807, 2.05) is 24.3 Å². The first-order chi connectivity index (χ1) is 15.8. The summed E-state index contributed by atoms with van der Waals surface area (Å²) in [5, 5.41) is 0. The van der Waals surface area contributed by atoms with E-state index >= 15 is 0 Å². The second kappa shape index (κ2) is 10.7. The van der Waals surface area contributed by atoms with Crippen LogP contribution in [0, 0.1) is 13.8 Å². The minimum atomic E-state index is -0.466. The molecular formula is C26H29N3O4. The molecule has 0 aliphatic rings. The van der Waals surface area contributed by atoms with E-state index in [-0.39, 0.29) is 24.8 Å². The summed E-state index contributed by atoms with van der Waals surface area (Å²) < 4.78 is 6.84. The zero-order valence-corrected chi connectivity index (χ0v) is 19.5. The van der Waals surface area contributed by atoms with E-state index in [2.05, 4.69) is 4.98 Å². The molecule has 1 amide bonds. The number of carbonyl (C=O) groups is 3. The van der Waals surface area contributed by atoms with Crippen molar-refractivity contribution in [1.29, 1.82) is 0 Å². The van der Waals surface area contributed by atoms with E-state index in [9.17, 15) is 14.4 Å². The van der Waals surface area contributed by atoms with Crippen molar-refractivity contribution in [2.75, 3.05) is 19.7 Å². The van der Waals surface area contributed by atoms with Gasteiger partial charge in [0, 0.05) is 48.7 Å². The van der Waals surface area contributed by atoms with Crippen LogP contribution in [0.3, 0.4) is 0 Å². The maximum absolute atomic E-state index is 13.4. The first kappa shape index (κ1) is 23.9. The zero-order valence-electron chi connectivity index (χ0n) is 19.5. The number of esters is 1. The number of pyridine rings is 1. The van der Waals surface area contributed by atoms with E-state index in [1.54, 1.807) is 67.7 Å². The number of ketones is 1. The maximum atomic E-state index is 13.4. The van der Waals surface area contributed by atoms with Crippen molar-refractivity contribution in [1.82, 2.24) is 14.5 Å². The van der Waals surface area contributed by atoms with E-state index in [0.717, 1.165) is 5.69 Å². The summed E-state index contributed by atoms with van der Waals surface area (Å²) in [7, 11) is 1.74. The number of Topliss-reactive ketones (excluding diaryl/α,β-unsaturated/α-hetero) is 1. The van der Waals surface area contributed by atoms with E-state index in [1.165, 1.54) is 0 Å². The van der Waals surface area contributed by atoms with E-state index in [0.29, 0.717) is 41.0 Å². The molecule has 0 atom stereocenters. The van der Waals surface area contributed by atoms with Gasteiger partial charge in [0.1, 0.15) is 5.69 Å². The summed E-state index contributed by atoms with van der Waals surface area (Å²) >= 11 is 0. The zero-order chi connectivity index (χ0) is 24.0. The van der Waals surface area contributed by atoms with Gasteiger partial charge in [-0.25, -0.2) is 4.79 Å². The van der Waals surface area contributed by atoms with Crippen LogP contribution >= 0.6 is 0 Å². The molecule has 0 fully saturated rings. The van der Waals surface area contributed by atoms with Crippen LogP contribution in [-0.4, -0.2) is 51.8 Å². The lowest BCUT2D eigenvalue weighted by Gasteiger charge is -2.22. The Bertz CT molecular complexity index is 1140. The summed E-state index contributed by atoms with van der Waals surface area (Å²) in [5.41, 5.74) is 3.39. The van der Waals surface area contributed by atoms with Crippen LogP contribution in [0.2, 0.25) is 0 Å². The molecule has 2 aromatic heterocycles. The molecule has 2 heterocycles. The molecule has 3 rings (SSSR count). The average molecular weight is 448 g/mol. The number of rotatable bonds is 9.